The first kappa shape index (κ1) is 16.1. The second-order valence-electron chi connectivity index (χ2n) is 7.14. The molecule has 2 aromatic heterocycles. The summed E-state index contributed by atoms with van der Waals surface area (Å²) in [4.78, 5) is 22.6. The highest BCUT2D eigenvalue weighted by Gasteiger charge is 2.36. The van der Waals surface area contributed by atoms with E-state index in [1.807, 2.05) is 0 Å². The molecule has 8 nitrogen and oxygen atoms in total. The van der Waals surface area contributed by atoms with Crippen LogP contribution in [0, 0.1) is 12.7 Å². The molecule has 0 radical (unpaired) electrons. The van der Waals surface area contributed by atoms with E-state index in [1.54, 1.807) is 19.1 Å². The molecule has 1 N–H and O–H groups in total. The maximum absolute atomic E-state index is 14.2. The minimum absolute atomic E-state index is 0.170. The van der Waals surface area contributed by atoms with Crippen LogP contribution in [0.3, 0.4) is 0 Å². The fraction of sp³-hybridized carbons (Fsp3) is 0.389. The molecule has 1 aliphatic carbocycles. The molecular formula is C18H17FN6O2. The van der Waals surface area contributed by atoms with E-state index < -0.39 is 5.82 Å². The summed E-state index contributed by atoms with van der Waals surface area (Å²) in [6.45, 7) is 2.10. The number of aromatic nitrogens is 5. The van der Waals surface area contributed by atoms with Crippen LogP contribution in [-0.2, 0) is 4.79 Å². The maximum Gasteiger partial charge on any atom is 0.242 e. The van der Waals surface area contributed by atoms with Gasteiger partial charge < -0.3 is 9.42 Å². The van der Waals surface area contributed by atoms with Gasteiger partial charge in [-0.1, -0.05) is 11.2 Å². The van der Waals surface area contributed by atoms with E-state index in [2.05, 4.69) is 25.3 Å². The van der Waals surface area contributed by atoms with Gasteiger partial charge in [-0.3, -0.25) is 9.89 Å². The molecule has 3 aromatic rings. The van der Waals surface area contributed by atoms with Gasteiger partial charge in [0.1, 0.15) is 11.6 Å². The fourth-order valence-corrected chi connectivity index (χ4v) is 3.34. The van der Waals surface area contributed by atoms with Gasteiger partial charge in [0.25, 0.3) is 0 Å². The molecule has 27 heavy (non-hydrogen) atoms. The van der Waals surface area contributed by atoms with E-state index in [-0.39, 0.29) is 23.9 Å². The SMILES string of the molecule is Cc1ccc(N2CC(c3nc(-c4n[nH]c(C5CC5)n4)no3)CC2=O)c(F)c1. The van der Waals surface area contributed by atoms with Crippen LogP contribution in [0.25, 0.3) is 11.6 Å². The Morgan fingerprint density at radius 1 is 1.22 bits per heavy atom. The first-order valence-corrected chi connectivity index (χ1v) is 8.91. The summed E-state index contributed by atoms with van der Waals surface area (Å²) in [5.74, 6) is 1.43. The highest BCUT2D eigenvalue weighted by Crippen LogP contribution is 2.38. The van der Waals surface area contributed by atoms with Gasteiger partial charge in [0, 0.05) is 18.9 Å². The smallest absolute Gasteiger partial charge is 0.242 e. The molecule has 1 amide bonds. The molecule has 1 aliphatic heterocycles. The van der Waals surface area contributed by atoms with Crippen LogP contribution in [0.1, 0.15) is 48.4 Å². The lowest BCUT2D eigenvalue weighted by molar-refractivity contribution is -0.117. The number of anilines is 1. The van der Waals surface area contributed by atoms with Gasteiger partial charge in [-0.2, -0.15) is 4.98 Å². The molecular weight excluding hydrogens is 351 g/mol. The Labute approximate surface area is 153 Å². The van der Waals surface area contributed by atoms with Crippen LogP contribution in [0.2, 0.25) is 0 Å². The number of aryl methyl sites for hydroxylation is 1. The number of nitrogens with one attached hydrogen (secondary N) is 1. The van der Waals surface area contributed by atoms with Gasteiger partial charge in [-0.25, -0.2) is 9.37 Å². The Balaban J connectivity index is 1.36. The minimum Gasteiger partial charge on any atom is -0.338 e. The lowest BCUT2D eigenvalue weighted by atomic mass is 10.1. The maximum atomic E-state index is 14.2. The first-order valence-electron chi connectivity index (χ1n) is 8.91. The van der Waals surface area contributed by atoms with Crippen LogP contribution < -0.4 is 4.90 Å². The third-order valence-electron chi connectivity index (χ3n) is 4.98. The normalized spacial score (nSPS) is 19.9. The molecule has 0 spiro atoms. The Kier molecular flexibility index (Phi) is 3.56. The summed E-state index contributed by atoms with van der Waals surface area (Å²) >= 11 is 0. The van der Waals surface area contributed by atoms with Crippen molar-refractivity contribution in [3.63, 3.8) is 0 Å². The molecule has 3 heterocycles. The lowest BCUT2D eigenvalue weighted by Crippen LogP contribution is -2.25. The van der Waals surface area contributed by atoms with Crippen LogP contribution in [0.4, 0.5) is 10.1 Å². The van der Waals surface area contributed by atoms with Crippen molar-refractivity contribution in [2.45, 2.75) is 38.0 Å². The highest BCUT2D eigenvalue weighted by atomic mass is 19.1. The monoisotopic (exact) mass is 368 g/mol. The number of nitrogens with zero attached hydrogens (tertiary/aromatic N) is 5. The van der Waals surface area contributed by atoms with Gasteiger partial charge >= 0.3 is 0 Å². The summed E-state index contributed by atoms with van der Waals surface area (Å²) in [6, 6.07) is 4.82. The Hall–Kier alpha value is -3.10. The number of carbonyl (C=O) groups excluding carboxylic acids is 1. The summed E-state index contributed by atoms with van der Waals surface area (Å²) in [6.07, 6.45) is 2.42. The number of H-pyrrole nitrogens is 1. The number of benzene rings is 1. The zero-order valence-corrected chi connectivity index (χ0v) is 14.6. The van der Waals surface area contributed by atoms with Crippen molar-refractivity contribution in [1.82, 2.24) is 25.3 Å². The largest absolute Gasteiger partial charge is 0.338 e. The first-order chi connectivity index (χ1) is 13.1. The highest BCUT2D eigenvalue weighted by molar-refractivity contribution is 5.96. The minimum atomic E-state index is -0.413. The standard InChI is InChI=1S/C18H17FN6O2/c1-9-2-5-13(12(19)6-9)25-8-11(7-14(25)26)18-21-17(24-27-18)16-20-15(22-23-16)10-3-4-10/h2,5-6,10-11H,3-4,7-8H2,1H3,(H,20,22,23). The van der Waals surface area contributed by atoms with Gasteiger partial charge in [0.15, 0.2) is 0 Å². The molecule has 2 fully saturated rings. The number of hydrogen-bond acceptors (Lipinski definition) is 6. The van der Waals surface area contributed by atoms with E-state index in [1.165, 1.54) is 11.0 Å². The van der Waals surface area contributed by atoms with Gasteiger partial charge in [0.05, 0.1) is 11.6 Å². The molecule has 138 valence electrons. The molecule has 9 heteroatoms. The number of carbonyl (C=O) groups is 1. The van der Waals surface area contributed by atoms with Gasteiger partial charge in [-0.05, 0) is 37.5 Å². The van der Waals surface area contributed by atoms with Crippen LogP contribution in [0.15, 0.2) is 22.7 Å². The molecule has 1 unspecified atom stereocenters. The predicted octanol–water partition coefficient (Wildman–Crippen LogP) is 2.70. The van der Waals surface area contributed by atoms with Crippen LogP contribution in [0.5, 0.6) is 0 Å². The molecule has 1 saturated heterocycles. The summed E-state index contributed by atoms with van der Waals surface area (Å²) in [5.41, 5.74) is 1.08. The number of halogens is 1. The van der Waals surface area contributed by atoms with E-state index in [0.717, 1.165) is 24.2 Å². The number of rotatable bonds is 4. The van der Waals surface area contributed by atoms with Crippen LogP contribution in [-0.4, -0.2) is 37.8 Å². The van der Waals surface area contributed by atoms with Crippen LogP contribution >= 0.6 is 0 Å². The number of hydrogen-bond donors (Lipinski definition) is 1. The molecule has 0 bridgehead atoms. The van der Waals surface area contributed by atoms with Crippen molar-refractivity contribution in [3.05, 3.63) is 41.3 Å². The predicted molar refractivity (Wildman–Crippen MR) is 92.5 cm³/mol. The van der Waals surface area contributed by atoms with Crippen molar-refractivity contribution < 1.29 is 13.7 Å². The van der Waals surface area contributed by atoms with E-state index in [0.29, 0.717) is 30.0 Å². The second-order valence-corrected chi connectivity index (χ2v) is 7.14. The van der Waals surface area contributed by atoms with E-state index in [4.69, 9.17) is 4.52 Å². The number of amides is 1. The number of aromatic amines is 1. The Bertz CT molecular complexity index is 1020. The average Bonchev–Trinajstić information content (AvgIpc) is 3.06. The summed E-state index contributed by atoms with van der Waals surface area (Å²) < 4.78 is 19.6. The van der Waals surface area contributed by atoms with E-state index >= 15 is 0 Å². The van der Waals surface area contributed by atoms with Crippen molar-refractivity contribution in [2.24, 2.45) is 0 Å². The molecule has 2 aliphatic rings. The van der Waals surface area contributed by atoms with Crippen molar-refractivity contribution in [2.75, 3.05) is 11.4 Å². The second kappa shape index (κ2) is 5.97. The molecule has 1 saturated carbocycles. The Morgan fingerprint density at radius 2 is 2.07 bits per heavy atom. The molecule has 5 rings (SSSR count). The van der Waals surface area contributed by atoms with Crippen molar-refractivity contribution in [1.29, 1.82) is 0 Å². The van der Waals surface area contributed by atoms with E-state index in [9.17, 15) is 9.18 Å². The Morgan fingerprint density at radius 3 is 2.85 bits per heavy atom. The summed E-state index contributed by atoms with van der Waals surface area (Å²) in [7, 11) is 0. The fourth-order valence-electron chi connectivity index (χ4n) is 3.34. The quantitative estimate of drug-likeness (QED) is 0.760. The molecule has 1 aromatic carbocycles. The average molecular weight is 368 g/mol. The molecule has 1 atom stereocenters. The van der Waals surface area contributed by atoms with Crippen molar-refractivity contribution in [3.8, 4) is 11.6 Å². The topological polar surface area (TPSA) is 101 Å². The van der Waals surface area contributed by atoms with Gasteiger partial charge in [-0.15, -0.1) is 5.10 Å². The lowest BCUT2D eigenvalue weighted by Gasteiger charge is -2.17. The summed E-state index contributed by atoms with van der Waals surface area (Å²) in [5, 5.41) is 11.0. The third kappa shape index (κ3) is 2.88. The van der Waals surface area contributed by atoms with Crippen molar-refractivity contribution >= 4 is 11.6 Å². The zero-order chi connectivity index (χ0) is 18.5. The van der Waals surface area contributed by atoms with Gasteiger partial charge in [0.2, 0.25) is 23.4 Å². The zero-order valence-electron chi connectivity index (χ0n) is 14.6. The third-order valence-corrected chi connectivity index (χ3v) is 4.98.